The van der Waals surface area contributed by atoms with Crippen LogP contribution in [0.25, 0.3) is 0 Å². The Bertz CT molecular complexity index is 551. The van der Waals surface area contributed by atoms with E-state index in [-0.39, 0.29) is 0 Å². The van der Waals surface area contributed by atoms with Crippen LogP contribution in [-0.4, -0.2) is 16.8 Å². The van der Waals surface area contributed by atoms with Crippen LogP contribution in [0.1, 0.15) is 11.3 Å². The number of nitrogens with one attached hydrogen (secondary N) is 1. The van der Waals surface area contributed by atoms with E-state index in [4.69, 9.17) is 11.6 Å². The van der Waals surface area contributed by atoms with Gasteiger partial charge in [-0.05, 0) is 37.7 Å². The van der Waals surface area contributed by atoms with Crippen LogP contribution in [0, 0.1) is 6.92 Å². The van der Waals surface area contributed by atoms with Crippen LogP contribution in [-0.2, 0) is 13.6 Å². The minimum atomic E-state index is 0.786. The molecule has 1 aromatic carbocycles. The summed E-state index contributed by atoms with van der Waals surface area (Å²) < 4.78 is 1.88. The van der Waals surface area contributed by atoms with Crippen LogP contribution in [0.4, 0.5) is 0 Å². The van der Waals surface area contributed by atoms with Gasteiger partial charge in [-0.1, -0.05) is 29.4 Å². The summed E-state index contributed by atoms with van der Waals surface area (Å²) in [5.74, 6) is 0. The standard InChI is InChI=1S/C13H16ClN3S/c1-9-6-13(17(3)16-9)18-11-5-4-10(8-15-2)12(14)7-11/h4-7,15H,8H2,1-3H3. The first-order chi connectivity index (χ1) is 8.60. The molecule has 1 N–H and O–H groups in total. The van der Waals surface area contributed by atoms with E-state index in [1.807, 2.05) is 31.8 Å². The molecule has 0 fully saturated rings. The molecule has 0 saturated carbocycles. The average Bonchev–Trinajstić information content (AvgIpc) is 2.61. The Balaban J connectivity index is 2.20. The predicted octanol–water partition coefficient (Wildman–Crippen LogP) is 3.25. The van der Waals surface area contributed by atoms with Gasteiger partial charge in [-0.2, -0.15) is 5.10 Å². The van der Waals surface area contributed by atoms with Crippen molar-refractivity contribution in [2.75, 3.05) is 7.05 Å². The molecule has 1 heterocycles. The van der Waals surface area contributed by atoms with Gasteiger partial charge in [0.15, 0.2) is 0 Å². The van der Waals surface area contributed by atoms with Crippen molar-refractivity contribution in [1.29, 1.82) is 0 Å². The summed E-state index contributed by atoms with van der Waals surface area (Å²) in [6, 6.07) is 8.22. The van der Waals surface area contributed by atoms with E-state index in [1.54, 1.807) is 11.8 Å². The van der Waals surface area contributed by atoms with Gasteiger partial charge in [0.2, 0.25) is 0 Å². The molecule has 0 unspecified atom stereocenters. The van der Waals surface area contributed by atoms with Gasteiger partial charge < -0.3 is 5.32 Å². The molecule has 0 atom stereocenters. The minimum absolute atomic E-state index is 0.786. The number of rotatable bonds is 4. The Kier molecular flexibility index (Phi) is 4.32. The van der Waals surface area contributed by atoms with E-state index in [0.717, 1.165) is 32.7 Å². The highest BCUT2D eigenvalue weighted by Gasteiger charge is 2.06. The fraction of sp³-hybridized carbons (Fsp3) is 0.308. The molecule has 96 valence electrons. The summed E-state index contributed by atoms with van der Waals surface area (Å²) in [5, 5.41) is 9.35. The lowest BCUT2D eigenvalue weighted by Gasteiger charge is -2.06. The highest BCUT2D eigenvalue weighted by Crippen LogP contribution is 2.30. The average molecular weight is 282 g/mol. The highest BCUT2D eigenvalue weighted by molar-refractivity contribution is 7.99. The monoisotopic (exact) mass is 281 g/mol. The van der Waals surface area contributed by atoms with Crippen molar-refractivity contribution >= 4 is 23.4 Å². The number of benzene rings is 1. The van der Waals surface area contributed by atoms with E-state index >= 15 is 0 Å². The molecule has 2 aromatic rings. The van der Waals surface area contributed by atoms with Gasteiger partial charge in [0.1, 0.15) is 0 Å². The number of halogens is 1. The third kappa shape index (κ3) is 3.07. The summed E-state index contributed by atoms with van der Waals surface area (Å²) in [4.78, 5) is 1.13. The quantitative estimate of drug-likeness (QED) is 0.933. The van der Waals surface area contributed by atoms with Gasteiger partial charge in [-0.15, -0.1) is 0 Å². The van der Waals surface area contributed by atoms with E-state index in [1.165, 1.54) is 0 Å². The second-order valence-corrected chi connectivity index (χ2v) is 5.63. The Morgan fingerprint density at radius 3 is 2.72 bits per heavy atom. The van der Waals surface area contributed by atoms with Crippen molar-refractivity contribution < 1.29 is 0 Å². The molecule has 0 bridgehead atoms. The zero-order chi connectivity index (χ0) is 13.1. The first-order valence-corrected chi connectivity index (χ1v) is 6.91. The van der Waals surface area contributed by atoms with E-state index in [2.05, 4.69) is 28.6 Å². The normalized spacial score (nSPS) is 10.9. The first-order valence-electron chi connectivity index (χ1n) is 5.71. The van der Waals surface area contributed by atoms with Crippen LogP contribution in [0.2, 0.25) is 5.02 Å². The first kappa shape index (κ1) is 13.5. The molecule has 1 aromatic heterocycles. The maximum Gasteiger partial charge on any atom is 0.0986 e. The lowest BCUT2D eigenvalue weighted by molar-refractivity contribution is 0.692. The summed E-state index contributed by atoms with van der Waals surface area (Å²) >= 11 is 7.92. The Morgan fingerprint density at radius 1 is 1.39 bits per heavy atom. The third-order valence-electron chi connectivity index (χ3n) is 2.57. The zero-order valence-corrected chi connectivity index (χ0v) is 12.3. The summed E-state index contributed by atoms with van der Waals surface area (Å²) in [6.45, 7) is 2.78. The molecule has 5 heteroatoms. The fourth-order valence-electron chi connectivity index (χ4n) is 1.73. The van der Waals surface area contributed by atoms with Crippen molar-refractivity contribution in [1.82, 2.24) is 15.1 Å². The van der Waals surface area contributed by atoms with Gasteiger partial charge in [0.25, 0.3) is 0 Å². The molecule has 2 rings (SSSR count). The third-order valence-corrected chi connectivity index (χ3v) is 4.01. The summed E-state index contributed by atoms with van der Waals surface area (Å²) in [7, 11) is 3.86. The summed E-state index contributed by atoms with van der Waals surface area (Å²) in [6.07, 6.45) is 0. The molecular formula is C13H16ClN3S. The lowest BCUT2D eigenvalue weighted by Crippen LogP contribution is -2.05. The molecule has 0 saturated heterocycles. The molecule has 0 aliphatic carbocycles. The van der Waals surface area contributed by atoms with Crippen LogP contribution >= 0.6 is 23.4 Å². The Labute approximate surface area is 117 Å². The molecular weight excluding hydrogens is 266 g/mol. The molecule has 3 nitrogen and oxygen atoms in total. The van der Waals surface area contributed by atoms with E-state index in [9.17, 15) is 0 Å². The van der Waals surface area contributed by atoms with Crippen LogP contribution in [0.3, 0.4) is 0 Å². The SMILES string of the molecule is CNCc1ccc(Sc2cc(C)nn2C)cc1Cl. The second-order valence-electron chi connectivity index (χ2n) is 4.13. The Hall–Kier alpha value is -0.970. The Morgan fingerprint density at radius 2 is 2.17 bits per heavy atom. The largest absolute Gasteiger partial charge is 0.316 e. The molecule has 0 aliphatic rings. The molecule has 0 amide bonds. The smallest absolute Gasteiger partial charge is 0.0986 e. The van der Waals surface area contributed by atoms with Crippen molar-refractivity contribution in [2.45, 2.75) is 23.4 Å². The number of nitrogens with zero attached hydrogens (tertiary/aromatic N) is 2. The molecule has 18 heavy (non-hydrogen) atoms. The second kappa shape index (κ2) is 5.78. The van der Waals surface area contributed by atoms with Crippen LogP contribution < -0.4 is 5.32 Å². The maximum absolute atomic E-state index is 6.24. The molecule has 0 aliphatic heterocycles. The van der Waals surface area contributed by atoms with Crippen molar-refractivity contribution in [3.05, 3.63) is 40.5 Å². The van der Waals surface area contributed by atoms with Gasteiger partial charge in [0.05, 0.1) is 10.7 Å². The predicted molar refractivity (Wildman–Crippen MR) is 76.3 cm³/mol. The molecule has 0 radical (unpaired) electrons. The number of aromatic nitrogens is 2. The number of aryl methyl sites for hydroxylation is 2. The van der Waals surface area contributed by atoms with Gasteiger partial charge >= 0.3 is 0 Å². The minimum Gasteiger partial charge on any atom is -0.316 e. The van der Waals surface area contributed by atoms with Gasteiger partial charge in [-0.25, -0.2) is 0 Å². The van der Waals surface area contributed by atoms with Crippen LogP contribution in [0.15, 0.2) is 34.2 Å². The topological polar surface area (TPSA) is 29.9 Å². The summed E-state index contributed by atoms with van der Waals surface area (Å²) in [5.41, 5.74) is 2.14. The highest BCUT2D eigenvalue weighted by atomic mass is 35.5. The van der Waals surface area contributed by atoms with Gasteiger partial charge in [0, 0.05) is 23.5 Å². The fourth-order valence-corrected chi connectivity index (χ4v) is 3.00. The van der Waals surface area contributed by atoms with Crippen molar-refractivity contribution in [2.24, 2.45) is 7.05 Å². The number of hydrogen-bond donors (Lipinski definition) is 1. The van der Waals surface area contributed by atoms with Gasteiger partial charge in [-0.3, -0.25) is 4.68 Å². The van der Waals surface area contributed by atoms with E-state index in [0.29, 0.717) is 0 Å². The van der Waals surface area contributed by atoms with Crippen molar-refractivity contribution in [3.8, 4) is 0 Å². The molecule has 0 spiro atoms. The maximum atomic E-state index is 6.24. The lowest BCUT2D eigenvalue weighted by atomic mass is 10.2. The van der Waals surface area contributed by atoms with E-state index < -0.39 is 0 Å². The van der Waals surface area contributed by atoms with Crippen molar-refractivity contribution in [3.63, 3.8) is 0 Å². The number of hydrogen-bond acceptors (Lipinski definition) is 3. The zero-order valence-electron chi connectivity index (χ0n) is 10.7. The van der Waals surface area contributed by atoms with Crippen LogP contribution in [0.5, 0.6) is 0 Å².